The highest BCUT2D eigenvalue weighted by molar-refractivity contribution is 6.35. The number of nitrogens with one attached hydrogen (secondary N) is 1. The summed E-state index contributed by atoms with van der Waals surface area (Å²) < 4.78 is 0. The van der Waals surface area contributed by atoms with E-state index in [-0.39, 0.29) is 17.9 Å². The van der Waals surface area contributed by atoms with Gasteiger partial charge in [-0.2, -0.15) is 0 Å². The first-order valence-corrected chi connectivity index (χ1v) is 11.0. The Morgan fingerprint density at radius 2 is 1.89 bits per heavy atom. The zero-order chi connectivity index (χ0) is 20.1. The minimum absolute atomic E-state index is 0.0454. The molecule has 1 unspecified atom stereocenters. The van der Waals surface area contributed by atoms with Crippen molar-refractivity contribution in [1.29, 1.82) is 0 Å². The Morgan fingerprint density at radius 3 is 2.61 bits per heavy atom. The van der Waals surface area contributed by atoms with Gasteiger partial charge in [-0.05, 0) is 56.8 Å². The number of hydrogen-bond donors (Lipinski definition) is 1. The van der Waals surface area contributed by atoms with Gasteiger partial charge in [-0.3, -0.25) is 9.59 Å². The molecule has 0 bridgehead atoms. The number of piperidine rings is 1. The Balaban J connectivity index is 1.58. The Labute approximate surface area is 177 Å². The minimum Gasteiger partial charge on any atom is -0.351 e. The maximum absolute atomic E-state index is 13.0. The number of unbranched alkanes of at least 4 members (excludes halogenated alkanes) is 1. The lowest BCUT2D eigenvalue weighted by Crippen LogP contribution is -2.51. The Bertz CT molecular complexity index is 705. The number of likely N-dealkylation sites (tertiary alicyclic amines) is 2. The van der Waals surface area contributed by atoms with Crippen LogP contribution in [0.2, 0.25) is 10.0 Å². The number of nitrogens with zero attached hydrogens (tertiary/aromatic N) is 2. The van der Waals surface area contributed by atoms with E-state index in [1.165, 1.54) is 12.8 Å². The quantitative estimate of drug-likeness (QED) is 0.749. The van der Waals surface area contributed by atoms with E-state index >= 15 is 0 Å². The van der Waals surface area contributed by atoms with Gasteiger partial charge >= 0.3 is 0 Å². The third kappa shape index (κ3) is 5.19. The van der Waals surface area contributed by atoms with E-state index in [9.17, 15) is 9.59 Å². The lowest BCUT2D eigenvalue weighted by Gasteiger charge is -2.33. The predicted octanol–water partition coefficient (Wildman–Crippen LogP) is 3.98. The fraction of sp³-hybridized carbons (Fsp3) is 0.619. The SMILES string of the molecule is CCCCN1CCC(NC(=O)C2CCCN2C(=O)c2cc(Cl)ccc2Cl)CC1. The number of benzene rings is 1. The van der Waals surface area contributed by atoms with Gasteiger partial charge in [0.25, 0.3) is 5.91 Å². The van der Waals surface area contributed by atoms with Gasteiger partial charge < -0.3 is 15.1 Å². The summed E-state index contributed by atoms with van der Waals surface area (Å²) in [4.78, 5) is 30.0. The molecule has 0 aromatic heterocycles. The summed E-state index contributed by atoms with van der Waals surface area (Å²) in [5, 5.41) is 4.00. The van der Waals surface area contributed by atoms with Crippen LogP contribution in [0.5, 0.6) is 0 Å². The van der Waals surface area contributed by atoms with Gasteiger partial charge in [-0.1, -0.05) is 36.5 Å². The molecular formula is C21H29Cl2N3O2. The number of rotatable bonds is 6. The number of halogens is 2. The fourth-order valence-corrected chi connectivity index (χ4v) is 4.45. The Morgan fingerprint density at radius 1 is 1.14 bits per heavy atom. The third-order valence-electron chi connectivity index (χ3n) is 5.74. The lowest BCUT2D eigenvalue weighted by atomic mass is 10.0. The molecule has 1 N–H and O–H groups in total. The van der Waals surface area contributed by atoms with E-state index in [2.05, 4.69) is 17.1 Å². The molecule has 0 aliphatic carbocycles. The largest absolute Gasteiger partial charge is 0.351 e. The summed E-state index contributed by atoms with van der Waals surface area (Å²) in [7, 11) is 0. The summed E-state index contributed by atoms with van der Waals surface area (Å²) in [6.45, 7) is 5.96. The highest BCUT2D eigenvalue weighted by Gasteiger charge is 2.36. The smallest absolute Gasteiger partial charge is 0.256 e. The standard InChI is InChI=1S/C21H29Cl2N3O2/c1-2-3-10-25-12-8-16(9-13-25)24-20(27)19-5-4-11-26(19)21(28)17-14-15(22)6-7-18(17)23/h6-7,14,16,19H,2-5,8-13H2,1H3,(H,24,27). The van der Waals surface area contributed by atoms with Crippen molar-refractivity contribution in [2.75, 3.05) is 26.2 Å². The second-order valence-electron chi connectivity index (χ2n) is 7.76. The second kappa shape index (κ2) is 9.95. The fourth-order valence-electron chi connectivity index (χ4n) is 4.08. The summed E-state index contributed by atoms with van der Waals surface area (Å²) >= 11 is 12.2. The molecule has 2 aliphatic rings. The van der Waals surface area contributed by atoms with Gasteiger partial charge in [-0.15, -0.1) is 0 Å². The van der Waals surface area contributed by atoms with E-state index < -0.39 is 6.04 Å². The summed E-state index contributed by atoms with van der Waals surface area (Å²) in [6, 6.07) is 4.61. The average Bonchev–Trinajstić information content (AvgIpc) is 3.19. The molecule has 0 saturated carbocycles. The maximum Gasteiger partial charge on any atom is 0.256 e. The molecule has 154 valence electrons. The second-order valence-corrected chi connectivity index (χ2v) is 8.60. The lowest BCUT2D eigenvalue weighted by molar-refractivity contribution is -0.125. The molecule has 0 radical (unpaired) electrons. The van der Waals surface area contributed by atoms with Gasteiger partial charge in [0, 0.05) is 30.7 Å². The van der Waals surface area contributed by atoms with E-state index in [1.54, 1.807) is 23.1 Å². The Hall–Kier alpha value is -1.30. The Kier molecular flexibility index (Phi) is 7.61. The number of carbonyl (C=O) groups is 2. The van der Waals surface area contributed by atoms with Crippen molar-refractivity contribution in [1.82, 2.24) is 15.1 Å². The molecule has 2 aliphatic heterocycles. The topological polar surface area (TPSA) is 52.7 Å². The zero-order valence-electron chi connectivity index (χ0n) is 16.4. The zero-order valence-corrected chi connectivity index (χ0v) is 17.9. The van der Waals surface area contributed by atoms with Crippen LogP contribution in [0.3, 0.4) is 0 Å². The first-order chi connectivity index (χ1) is 13.5. The molecule has 2 amide bonds. The summed E-state index contributed by atoms with van der Waals surface area (Å²) in [6.07, 6.45) is 5.87. The van der Waals surface area contributed by atoms with Gasteiger partial charge in [0.1, 0.15) is 6.04 Å². The molecule has 3 rings (SSSR count). The molecule has 0 spiro atoms. The molecule has 2 heterocycles. The van der Waals surface area contributed by atoms with Crippen LogP contribution < -0.4 is 5.32 Å². The molecule has 2 saturated heterocycles. The van der Waals surface area contributed by atoms with Crippen molar-refractivity contribution in [3.8, 4) is 0 Å². The van der Waals surface area contributed by atoms with Crippen LogP contribution in [0.15, 0.2) is 18.2 Å². The molecule has 28 heavy (non-hydrogen) atoms. The van der Waals surface area contributed by atoms with E-state index in [4.69, 9.17) is 23.2 Å². The molecule has 7 heteroatoms. The van der Waals surface area contributed by atoms with E-state index in [1.807, 2.05) is 0 Å². The van der Waals surface area contributed by atoms with Crippen molar-refractivity contribution < 1.29 is 9.59 Å². The number of amides is 2. The van der Waals surface area contributed by atoms with Gasteiger partial charge in [0.2, 0.25) is 5.91 Å². The van der Waals surface area contributed by atoms with Crippen LogP contribution in [0.25, 0.3) is 0 Å². The van der Waals surface area contributed by atoms with Crippen LogP contribution in [0, 0.1) is 0 Å². The normalized spacial score (nSPS) is 21.1. The monoisotopic (exact) mass is 425 g/mol. The van der Waals surface area contributed by atoms with Crippen LogP contribution in [-0.2, 0) is 4.79 Å². The molecule has 1 atom stereocenters. The number of hydrogen-bond acceptors (Lipinski definition) is 3. The van der Waals surface area contributed by atoms with Gasteiger partial charge in [0.15, 0.2) is 0 Å². The highest BCUT2D eigenvalue weighted by Crippen LogP contribution is 2.26. The molecule has 2 fully saturated rings. The van der Waals surface area contributed by atoms with Crippen LogP contribution >= 0.6 is 23.2 Å². The maximum atomic E-state index is 13.0. The molecule has 1 aromatic rings. The van der Waals surface area contributed by atoms with E-state index in [0.29, 0.717) is 28.6 Å². The third-order valence-corrected chi connectivity index (χ3v) is 6.30. The van der Waals surface area contributed by atoms with Crippen LogP contribution in [0.1, 0.15) is 55.8 Å². The first kappa shape index (κ1) is 21.4. The molecular weight excluding hydrogens is 397 g/mol. The van der Waals surface area contributed by atoms with Gasteiger partial charge in [0.05, 0.1) is 10.6 Å². The van der Waals surface area contributed by atoms with Crippen molar-refractivity contribution in [3.63, 3.8) is 0 Å². The first-order valence-electron chi connectivity index (χ1n) is 10.3. The van der Waals surface area contributed by atoms with Gasteiger partial charge in [-0.25, -0.2) is 0 Å². The highest BCUT2D eigenvalue weighted by atomic mass is 35.5. The van der Waals surface area contributed by atoms with Crippen LogP contribution in [-0.4, -0.2) is 59.9 Å². The van der Waals surface area contributed by atoms with Crippen molar-refractivity contribution in [2.45, 2.75) is 57.5 Å². The minimum atomic E-state index is -0.430. The van der Waals surface area contributed by atoms with Crippen molar-refractivity contribution >= 4 is 35.0 Å². The molecule has 5 nitrogen and oxygen atoms in total. The summed E-state index contributed by atoms with van der Waals surface area (Å²) in [5.41, 5.74) is 0.359. The molecule has 1 aromatic carbocycles. The average molecular weight is 426 g/mol. The number of carbonyl (C=O) groups excluding carboxylic acids is 2. The van der Waals surface area contributed by atoms with E-state index in [0.717, 1.165) is 38.9 Å². The predicted molar refractivity (Wildman–Crippen MR) is 113 cm³/mol. The van der Waals surface area contributed by atoms with Crippen molar-refractivity contribution in [3.05, 3.63) is 33.8 Å². The summed E-state index contributed by atoms with van der Waals surface area (Å²) in [5.74, 6) is -0.268. The van der Waals surface area contributed by atoms with Crippen LogP contribution in [0.4, 0.5) is 0 Å². The van der Waals surface area contributed by atoms with Crippen molar-refractivity contribution in [2.24, 2.45) is 0 Å².